The van der Waals surface area contributed by atoms with Crippen LogP contribution in [0.3, 0.4) is 0 Å². The fourth-order valence-corrected chi connectivity index (χ4v) is 17.5. The van der Waals surface area contributed by atoms with Crippen LogP contribution in [0.2, 0.25) is 0 Å². The van der Waals surface area contributed by atoms with Crippen LogP contribution in [0.15, 0.2) is 24.8 Å². The second-order valence-electron chi connectivity index (χ2n) is 24.1. The van der Waals surface area contributed by atoms with Crippen LogP contribution in [-0.2, 0) is 16.1 Å². The molecule has 8 aliphatic rings. The summed E-state index contributed by atoms with van der Waals surface area (Å²) in [5.74, 6) is 7.34. The van der Waals surface area contributed by atoms with E-state index >= 15 is 0 Å². The minimum atomic E-state index is -0.462. The molecule has 8 fully saturated rings. The number of halogens is 1. The summed E-state index contributed by atoms with van der Waals surface area (Å²) in [6.07, 6.45) is 28.6. The number of carbonyl (C=O) groups is 2. The van der Waals surface area contributed by atoms with E-state index < -0.39 is 11.2 Å². The van der Waals surface area contributed by atoms with Crippen LogP contribution >= 0.6 is 15.9 Å². The van der Waals surface area contributed by atoms with E-state index in [2.05, 4.69) is 58.9 Å². The monoisotopic (exact) mass is 953 g/mol. The maximum atomic E-state index is 13.3. The van der Waals surface area contributed by atoms with Crippen molar-refractivity contribution in [1.29, 1.82) is 0 Å². The summed E-state index contributed by atoms with van der Waals surface area (Å²) < 4.78 is 1.83. The summed E-state index contributed by atoms with van der Waals surface area (Å²) in [6, 6.07) is 0. The maximum Gasteiger partial charge on any atom is 0.157 e. The number of rotatable bonds is 5. The van der Waals surface area contributed by atoms with E-state index in [9.17, 15) is 19.8 Å². The van der Waals surface area contributed by atoms with E-state index in [1.807, 2.05) is 51.0 Å². The molecule has 0 unspecified atom stereocenters. The number of ketones is 2. The Hall–Kier alpha value is -1.84. The molecular weight excluding hydrogens is 861 g/mol. The van der Waals surface area contributed by atoms with Crippen LogP contribution in [0.25, 0.3) is 0 Å². The number of Topliss-reactive ketones (excluding diaryl/α,β-unsaturated/α-hetero) is 2. The molecule has 0 bridgehead atoms. The van der Waals surface area contributed by atoms with Gasteiger partial charge >= 0.3 is 0 Å². The van der Waals surface area contributed by atoms with E-state index in [1.165, 1.54) is 82.6 Å². The molecule has 0 amide bonds. The van der Waals surface area contributed by atoms with Crippen LogP contribution in [0.4, 0.5) is 0 Å². The third-order valence-electron chi connectivity index (χ3n) is 20.5. The van der Waals surface area contributed by atoms with Gasteiger partial charge in [0, 0.05) is 24.2 Å². The SMILES string of the molecule is C.C.C.C[C@@]1(O)CC[C@@]2(C)[C@H](CC[C@@H]3[C@@H]2CC[C@]2(C)[C@@H](C(=O)CBr)CC[C@@H]32)C1.Cc1cn[nH]c1.Cc1cnn(CC(=O)[C@H]2CC[C@H]3[C@@H]4CC[C@@H]5C[C@](C)(O)CC[C@]5(C)[C@H]4CC[C@]23C)c1. The van der Waals surface area contributed by atoms with Crippen molar-refractivity contribution in [3.8, 4) is 0 Å². The lowest BCUT2D eigenvalue weighted by molar-refractivity contribution is -0.151. The second kappa shape index (κ2) is 19.6. The van der Waals surface area contributed by atoms with Gasteiger partial charge < -0.3 is 10.2 Å². The zero-order chi connectivity index (χ0) is 43.8. The van der Waals surface area contributed by atoms with Gasteiger partial charge in [0.2, 0.25) is 0 Å². The van der Waals surface area contributed by atoms with E-state index in [1.54, 1.807) is 6.20 Å². The Balaban J connectivity index is 0.000000206. The summed E-state index contributed by atoms with van der Waals surface area (Å²) >= 11 is 3.43. The van der Waals surface area contributed by atoms with Gasteiger partial charge in [-0.3, -0.25) is 19.4 Å². The highest BCUT2D eigenvalue weighted by molar-refractivity contribution is 9.09. The van der Waals surface area contributed by atoms with Gasteiger partial charge in [-0.1, -0.05) is 65.9 Å². The lowest BCUT2D eigenvalue weighted by atomic mass is 9.44. The van der Waals surface area contributed by atoms with Crippen molar-refractivity contribution in [1.82, 2.24) is 20.0 Å². The van der Waals surface area contributed by atoms with Crippen molar-refractivity contribution in [3.63, 3.8) is 0 Å². The van der Waals surface area contributed by atoms with Crippen LogP contribution in [-0.4, -0.2) is 58.3 Å². The smallest absolute Gasteiger partial charge is 0.157 e. The fraction of sp³-hybridized carbons (Fsp3) is 0.855. The molecule has 0 saturated heterocycles. The highest BCUT2D eigenvalue weighted by atomic mass is 79.9. The van der Waals surface area contributed by atoms with Crippen molar-refractivity contribution in [2.75, 3.05) is 5.33 Å². The number of H-pyrrole nitrogens is 1. The number of alkyl halides is 1. The molecule has 2 aromatic heterocycles. The van der Waals surface area contributed by atoms with E-state index in [0.717, 1.165) is 73.7 Å². The first kappa shape index (κ1) is 53.1. The van der Waals surface area contributed by atoms with Gasteiger partial charge in [0.05, 0.1) is 35.5 Å². The molecule has 2 heterocycles. The summed E-state index contributed by atoms with van der Waals surface area (Å²) in [6.45, 7) is 18.5. The number of nitrogens with one attached hydrogen (secondary N) is 1. The zero-order valence-corrected chi connectivity index (χ0v) is 40.7. The van der Waals surface area contributed by atoms with E-state index in [-0.39, 0.29) is 44.9 Å². The quantitative estimate of drug-likeness (QED) is 0.257. The first-order chi connectivity index (χ1) is 28.7. The Morgan fingerprint density at radius 1 is 0.625 bits per heavy atom. The van der Waals surface area contributed by atoms with Crippen LogP contribution in [0.5, 0.6) is 0 Å². The lowest BCUT2D eigenvalue weighted by Gasteiger charge is -2.61. The molecule has 0 spiro atoms. The minimum absolute atomic E-state index is 0. The van der Waals surface area contributed by atoms with E-state index in [4.69, 9.17) is 0 Å². The number of aromatic amines is 1. The van der Waals surface area contributed by atoms with Gasteiger partial charge in [0.25, 0.3) is 0 Å². The fourth-order valence-electron chi connectivity index (χ4n) is 17.2. The summed E-state index contributed by atoms with van der Waals surface area (Å²) in [7, 11) is 0. The molecule has 364 valence electrons. The number of hydrogen-bond donors (Lipinski definition) is 3. The third-order valence-corrected chi connectivity index (χ3v) is 21.1. The molecule has 0 aromatic carbocycles. The Kier molecular flexibility index (Phi) is 16.3. The molecule has 8 aliphatic carbocycles. The van der Waals surface area contributed by atoms with Crippen molar-refractivity contribution >= 4 is 27.5 Å². The zero-order valence-electron chi connectivity index (χ0n) is 39.2. The number of fused-ring (bicyclic) bond motifs is 10. The number of hydrogen-bond acceptors (Lipinski definition) is 6. The lowest BCUT2D eigenvalue weighted by Crippen LogP contribution is -2.55. The number of aryl methyl sites for hydroxylation is 2. The minimum Gasteiger partial charge on any atom is -0.390 e. The van der Waals surface area contributed by atoms with Crippen LogP contribution < -0.4 is 0 Å². The van der Waals surface area contributed by atoms with Gasteiger partial charge in [0.15, 0.2) is 5.78 Å². The number of carbonyl (C=O) groups excluding carboxylic acids is 2. The molecule has 16 atom stereocenters. The Labute approximate surface area is 398 Å². The predicted octanol–water partition coefficient (Wildman–Crippen LogP) is 13.2. The number of aliphatic hydroxyl groups is 2. The number of aromatic nitrogens is 4. The second-order valence-corrected chi connectivity index (χ2v) is 24.7. The molecule has 0 radical (unpaired) electrons. The molecular formula is C55H93BrN4O4. The van der Waals surface area contributed by atoms with Crippen molar-refractivity contribution in [2.45, 2.75) is 211 Å². The largest absolute Gasteiger partial charge is 0.390 e. The van der Waals surface area contributed by atoms with Crippen LogP contribution in [0, 0.1) is 94.7 Å². The molecule has 8 nitrogen and oxygen atoms in total. The Morgan fingerprint density at radius 2 is 1.09 bits per heavy atom. The van der Waals surface area contributed by atoms with Crippen molar-refractivity contribution < 1.29 is 19.8 Å². The summed E-state index contributed by atoms with van der Waals surface area (Å²) in [4.78, 5) is 25.8. The average molecular weight is 954 g/mol. The summed E-state index contributed by atoms with van der Waals surface area (Å²) in [5.41, 5.74) is 2.62. The Morgan fingerprint density at radius 3 is 1.48 bits per heavy atom. The first-order valence-corrected chi connectivity index (χ1v) is 25.9. The van der Waals surface area contributed by atoms with Gasteiger partial charge in [-0.2, -0.15) is 10.2 Å². The summed E-state index contributed by atoms with van der Waals surface area (Å²) in [5, 5.41) is 32.6. The molecule has 2 aromatic rings. The highest BCUT2D eigenvalue weighted by Crippen LogP contribution is 2.70. The normalized spacial score (nSPS) is 44.9. The average Bonchev–Trinajstić information content (AvgIpc) is 4.01. The van der Waals surface area contributed by atoms with Gasteiger partial charge in [-0.15, -0.1) is 0 Å². The third kappa shape index (κ3) is 9.59. The standard InChI is InChI=1S/C26H40N2O2.C22H35BrO2.C4H6N2.3CH4/c1-17-14-27-28(15-17)16-23(29)22-8-7-20-19-6-5-18-13-24(2,30)11-12-25(18,3)21(19)9-10-26(20,22)4;1-20(25)10-11-21(2)14(12-20)4-5-15-16-6-7-18(19(24)13-23)22(16,3)9-8-17(15)21;1-4-2-5-6-3-4;;;/h14-15,18-22,30H,5-13,16H2,1-4H3;14-18,25H,4-13H2,1-3H3;2-3H,1H3,(H,5,6);3*1H4/t18-,19+,20+,21+,22-,24-,25+,26+;14-,15+,16+,17+,18-,20-,21+,22+;;;;/m11..../s1. The van der Waals surface area contributed by atoms with E-state index in [0.29, 0.717) is 52.0 Å². The van der Waals surface area contributed by atoms with Crippen molar-refractivity contribution in [3.05, 3.63) is 35.9 Å². The van der Waals surface area contributed by atoms with Crippen molar-refractivity contribution in [2.24, 2.45) is 80.8 Å². The molecule has 0 aliphatic heterocycles. The molecule has 64 heavy (non-hydrogen) atoms. The molecule has 10 rings (SSSR count). The molecule has 8 saturated carbocycles. The maximum absolute atomic E-state index is 13.3. The first-order valence-electron chi connectivity index (χ1n) is 24.7. The molecule has 3 N–H and O–H groups in total. The topological polar surface area (TPSA) is 121 Å². The highest BCUT2D eigenvalue weighted by Gasteiger charge is 2.63. The molecule has 9 heteroatoms. The van der Waals surface area contributed by atoms with Gasteiger partial charge in [-0.25, -0.2) is 0 Å². The number of nitrogens with zero attached hydrogens (tertiary/aromatic N) is 3. The predicted molar refractivity (Wildman–Crippen MR) is 266 cm³/mol. The van der Waals surface area contributed by atoms with Gasteiger partial charge in [-0.05, 0) is 223 Å². The van der Waals surface area contributed by atoms with Gasteiger partial charge in [0.1, 0.15) is 5.78 Å². The van der Waals surface area contributed by atoms with Crippen LogP contribution in [0.1, 0.15) is 191 Å². The Bertz CT molecular complexity index is 1880.